The van der Waals surface area contributed by atoms with Gasteiger partial charge in [0.2, 0.25) is 0 Å². The number of halogens is 1. The van der Waals surface area contributed by atoms with Crippen LogP contribution in [0.4, 0.5) is 0 Å². The monoisotopic (exact) mass is 293 g/mol. The summed E-state index contributed by atoms with van der Waals surface area (Å²) in [7, 11) is 0. The Morgan fingerprint density at radius 3 is 2.30 bits per heavy atom. The number of imidazole rings is 1. The Balaban J connectivity index is 2.75. The third-order valence-electron chi connectivity index (χ3n) is 4.48. The maximum Gasteiger partial charge on any atom is 0.160 e. The van der Waals surface area contributed by atoms with Gasteiger partial charge in [0.05, 0.1) is 0 Å². The van der Waals surface area contributed by atoms with Gasteiger partial charge >= 0.3 is 0 Å². The minimum absolute atomic E-state index is 0.0942. The Morgan fingerprint density at radius 1 is 1.10 bits per heavy atom. The number of hydrogen-bond acceptors (Lipinski definition) is 2. The predicted molar refractivity (Wildman–Crippen MR) is 85.5 cm³/mol. The van der Waals surface area contributed by atoms with E-state index in [1.165, 1.54) is 0 Å². The van der Waals surface area contributed by atoms with E-state index >= 15 is 0 Å². The minimum atomic E-state index is 0.0942. The fourth-order valence-electron chi connectivity index (χ4n) is 3.07. The van der Waals surface area contributed by atoms with Crippen LogP contribution in [-0.2, 0) is 12.0 Å². The molecule has 2 heterocycles. The molecule has 0 spiro atoms. The molecule has 0 atom stereocenters. The maximum atomic E-state index is 5.97. The molecule has 3 nitrogen and oxygen atoms in total. The van der Waals surface area contributed by atoms with Gasteiger partial charge in [-0.3, -0.25) is 0 Å². The van der Waals surface area contributed by atoms with Crippen LogP contribution in [0.5, 0.6) is 0 Å². The van der Waals surface area contributed by atoms with Crippen molar-refractivity contribution in [3.05, 3.63) is 23.7 Å². The van der Waals surface area contributed by atoms with Gasteiger partial charge in [-0.05, 0) is 38.3 Å². The highest BCUT2D eigenvalue weighted by atomic mass is 35.5. The van der Waals surface area contributed by atoms with Gasteiger partial charge in [-0.15, -0.1) is 11.6 Å². The van der Waals surface area contributed by atoms with E-state index in [2.05, 4.69) is 31.4 Å². The summed E-state index contributed by atoms with van der Waals surface area (Å²) in [5, 5.41) is 0. The number of alkyl halides is 1. The Labute approximate surface area is 126 Å². The van der Waals surface area contributed by atoms with Crippen molar-refractivity contribution >= 4 is 22.8 Å². The first kappa shape index (κ1) is 15.3. The Kier molecular flexibility index (Phi) is 4.69. The van der Waals surface area contributed by atoms with Crippen LogP contribution in [0.25, 0.3) is 11.2 Å². The van der Waals surface area contributed by atoms with Crippen LogP contribution in [0.2, 0.25) is 0 Å². The van der Waals surface area contributed by atoms with Crippen molar-refractivity contribution in [2.24, 2.45) is 0 Å². The van der Waals surface area contributed by atoms with Gasteiger partial charge < -0.3 is 4.57 Å². The molecule has 2 aromatic heterocycles. The van der Waals surface area contributed by atoms with Crippen molar-refractivity contribution in [1.82, 2.24) is 14.5 Å². The van der Waals surface area contributed by atoms with Gasteiger partial charge in [-0.2, -0.15) is 0 Å². The molecule has 0 amide bonds. The molecule has 0 aromatic carbocycles. The molecule has 0 N–H and O–H groups in total. The largest absolute Gasteiger partial charge is 0.306 e. The predicted octanol–water partition coefficient (Wildman–Crippen LogP) is 4.45. The van der Waals surface area contributed by atoms with Crippen molar-refractivity contribution in [1.29, 1.82) is 0 Å². The summed E-state index contributed by atoms with van der Waals surface area (Å²) in [5.41, 5.74) is 3.12. The van der Waals surface area contributed by atoms with Crippen LogP contribution in [0.15, 0.2) is 12.1 Å². The van der Waals surface area contributed by atoms with Crippen molar-refractivity contribution in [3.8, 4) is 0 Å². The van der Waals surface area contributed by atoms with Crippen LogP contribution in [0.3, 0.4) is 0 Å². The molecular formula is C16H24ClN3. The van der Waals surface area contributed by atoms with Crippen LogP contribution in [0, 0.1) is 6.92 Å². The van der Waals surface area contributed by atoms with Crippen LogP contribution in [0.1, 0.15) is 51.6 Å². The summed E-state index contributed by atoms with van der Waals surface area (Å²) in [4.78, 5) is 9.52. The van der Waals surface area contributed by atoms with E-state index in [0.717, 1.165) is 48.4 Å². The number of hydrogen-bond donors (Lipinski definition) is 0. The third kappa shape index (κ3) is 2.44. The molecule has 0 unspecified atom stereocenters. The van der Waals surface area contributed by atoms with E-state index in [0.29, 0.717) is 5.88 Å². The second kappa shape index (κ2) is 6.13. The quantitative estimate of drug-likeness (QED) is 0.737. The summed E-state index contributed by atoms with van der Waals surface area (Å²) in [5.74, 6) is 1.66. The SMILES string of the molecule is CCC(CC)(CC)n1c(CCCl)nc2ccc(C)nc21. The Morgan fingerprint density at radius 2 is 1.75 bits per heavy atom. The minimum Gasteiger partial charge on any atom is -0.306 e. The Bertz CT molecular complexity index is 576. The highest BCUT2D eigenvalue weighted by Gasteiger charge is 2.31. The molecule has 0 aliphatic rings. The third-order valence-corrected chi connectivity index (χ3v) is 4.67. The van der Waals surface area contributed by atoms with Gasteiger partial charge in [0.15, 0.2) is 5.65 Å². The van der Waals surface area contributed by atoms with E-state index in [1.807, 2.05) is 13.0 Å². The number of rotatable bonds is 6. The van der Waals surface area contributed by atoms with Gasteiger partial charge in [0, 0.05) is 23.5 Å². The van der Waals surface area contributed by atoms with Crippen molar-refractivity contribution in [3.63, 3.8) is 0 Å². The lowest BCUT2D eigenvalue weighted by Crippen LogP contribution is -2.33. The first-order valence-corrected chi connectivity index (χ1v) is 8.06. The lowest BCUT2D eigenvalue weighted by molar-refractivity contribution is 0.250. The number of aromatic nitrogens is 3. The summed E-state index contributed by atoms with van der Waals surface area (Å²) >= 11 is 5.97. The molecule has 20 heavy (non-hydrogen) atoms. The first-order chi connectivity index (χ1) is 9.61. The fourth-order valence-corrected chi connectivity index (χ4v) is 3.24. The first-order valence-electron chi connectivity index (χ1n) is 7.53. The van der Waals surface area contributed by atoms with Crippen molar-refractivity contribution in [2.45, 2.75) is 58.9 Å². The molecule has 0 bridgehead atoms. The molecule has 0 saturated heterocycles. The zero-order valence-corrected chi connectivity index (χ0v) is 13.7. The summed E-state index contributed by atoms with van der Waals surface area (Å²) in [6, 6.07) is 4.09. The molecule has 0 saturated carbocycles. The molecule has 4 heteroatoms. The number of nitrogens with zero attached hydrogens (tertiary/aromatic N) is 3. The van der Waals surface area contributed by atoms with Crippen LogP contribution in [-0.4, -0.2) is 20.4 Å². The summed E-state index contributed by atoms with van der Waals surface area (Å²) in [6.45, 7) is 8.78. The highest BCUT2D eigenvalue weighted by Crippen LogP contribution is 2.34. The van der Waals surface area contributed by atoms with Gasteiger partial charge in [0.25, 0.3) is 0 Å². The molecule has 0 fully saturated rings. The average Bonchev–Trinajstić information content (AvgIpc) is 2.81. The average molecular weight is 294 g/mol. The number of aryl methyl sites for hydroxylation is 2. The van der Waals surface area contributed by atoms with E-state index in [9.17, 15) is 0 Å². The number of pyridine rings is 1. The van der Waals surface area contributed by atoms with E-state index in [-0.39, 0.29) is 5.54 Å². The lowest BCUT2D eigenvalue weighted by atomic mass is 9.89. The highest BCUT2D eigenvalue weighted by molar-refractivity contribution is 6.17. The smallest absolute Gasteiger partial charge is 0.160 e. The molecule has 2 aromatic rings. The number of fused-ring (bicyclic) bond motifs is 1. The molecular weight excluding hydrogens is 270 g/mol. The molecule has 0 radical (unpaired) electrons. The van der Waals surface area contributed by atoms with Crippen molar-refractivity contribution in [2.75, 3.05) is 5.88 Å². The van der Waals surface area contributed by atoms with Gasteiger partial charge in [-0.25, -0.2) is 9.97 Å². The summed E-state index contributed by atoms with van der Waals surface area (Å²) in [6.07, 6.45) is 4.03. The topological polar surface area (TPSA) is 30.7 Å². The molecule has 0 aliphatic heterocycles. The van der Waals surface area contributed by atoms with Crippen LogP contribution >= 0.6 is 11.6 Å². The Hall–Kier alpha value is -1.09. The molecule has 110 valence electrons. The zero-order valence-electron chi connectivity index (χ0n) is 12.9. The second-order valence-electron chi connectivity index (χ2n) is 5.38. The van der Waals surface area contributed by atoms with Gasteiger partial charge in [0.1, 0.15) is 11.3 Å². The van der Waals surface area contributed by atoms with Crippen molar-refractivity contribution < 1.29 is 0 Å². The fraction of sp³-hybridized carbons (Fsp3) is 0.625. The maximum absolute atomic E-state index is 5.97. The van der Waals surface area contributed by atoms with E-state index in [1.54, 1.807) is 0 Å². The lowest BCUT2D eigenvalue weighted by Gasteiger charge is -2.34. The second-order valence-corrected chi connectivity index (χ2v) is 5.76. The summed E-state index contributed by atoms with van der Waals surface area (Å²) < 4.78 is 2.36. The normalized spacial score (nSPS) is 12.2. The van der Waals surface area contributed by atoms with Gasteiger partial charge in [-0.1, -0.05) is 20.8 Å². The molecule has 2 rings (SSSR count). The van der Waals surface area contributed by atoms with Crippen LogP contribution < -0.4 is 0 Å². The molecule has 0 aliphatic carbocycles. The van der Waals surface area contributed by atoms with E-state index in [4.69, 9.17) is 21.6 Å². The zero-order chi connectivity index (χ0) is 14.8. The van der Waals surface area contributed by atoms with E-state index < -0.39 is 0 Å². The standard InChI is InChI=1S/C16H24ClN3/c1-5-16(6-2,7-3)20-14(10-11-17)19-13-9-8-12(4)18-15(13)20/h8-9H,5-7,10-11H2,1-4H3.